The second kappa shape index (κ2) is 10.1. The van der Waals surface area contributed by atoms with Crippen molar-refractivity contribution < 1.29 is 23.9 Å². The van der Waals surface area contributed by atoms with Gasteiger partial charge in [-0.3, -0.25) is 14.9 Å². The SMILES string of the molecule is CCOc1ccc(CCNC(=O)c2ccc(OC)c([N+](=O)[O-])c2)cc1OCC. The first-order chi connectivity index (χ1) is 13.5. The molecule has 1 amide bonds. The number of rotatable bonds is 10. The zero-order valence-corrected chi connectivity index (χ0v) is 16.2. The van der Waals surface area contributed by atoms with Crippen LogP contribution in [0.1, 0.15) is 29.8 Å². The fourth-order valence-electron chi connectivity index (χ4n) is 2.65. The van der Waals surface area contributed by atoms with Gasteiger partial charge in [-0.05, 0) is 50.1 Å². The second-order valence-electron chi connectivity index (χ2n) is 5.80. The molecule has 1 N–H and O–H groups in total. The van der Waals surface area contributed by atoms with Crippen LogP contribution in [0.5, 0.6) is 17.2 Å². The molecule has 2 rings (SSSR count). The van der Waals surface area contributed by atoms with Crippen LogP contribution in [0.25, 0.3) is 0 Å². The van der Waals surface area contributed by atoms with Crippen molar-refractivity contribution in [3.63, 3.8) is 0 Å². The molecule has 0 aliphatic rings. The van der Waals surface area contributed by atoms with Gasteiger partial charge >= 0.3 is 5.69 Å². The number of hydrogen-bond acceptors (Lipinski definition) is 6. The number of carbonyl (C=O) groups excluding carboxylic acids is 1. The molecular formula is C20H24N2O6. The summed E-state index contributed by atoms with van der Waals surface area (Å²) in [6.07, 6.45) is 0.580. The Morgan fingerprint density at radius 2 is 1.71 bits per heavy atom. The van der Waals surface area contributed by atoms with Gasteiger partial charge in [-0.1, -0.05) is 6.07 Å². The molecule has 0 aliphatic heterocycles. The Kier molecular flexibility index (Phi) is 7.62. The van der Waals surface area contributed by atoms with Crippen molar-refractivity contribution in [2.75, 3.05) is 26.9 Å². The lowest BCUT2D eigenvalue weighted by molar-refractivity contribution is -0.385. The zero-order chi connectivity index (χ0) is 20.5. The van der Waals surface area contributed by atoms with Crippen LogP contribution in [0.3, 0.4) is 0 Å². The molecule has 0 bridgehead atoms. The van der Waals surface area contributed by atoms with Crippen LogP contribution < -0.4 is 19.5 Å². The lowest BCUT2D eigenvalue weighted by atomic mass is 10.1. The molecular weight excluding hydrogens is 364 g/mol. The average molecular weight is 388 g/mol. The molecule has 0 unspecified atom stereocenters. The third-order valence-corrected chi connectivity index (χ3v) is 3.94. The minimum atomic E-state index is -0.579. The Morgan fingerprint density at radius 3 is 2.36 bits per heavy atom. The summed E-state index contributed by atoms with van der Waals surface area (Å²) in [6, 6.07) is 9.76. The van der Waals surface area contributed by atoms with Gasteiger partial charge < -0.3 is 19.5 Å². The Balaban J connectivity index is 2.01. The van der Waals surface area contributed by atoms with Crippen molar-refractivity contribution in [2.24, 2.45) is 0 Å². The van der Waals surface area contributed by atoms with Gasteiger partial charge in [0.15, 0.2) is 17.2 Å². The standard InChI is InChI=1S/C20H24N2O6/c1-4-27-18-8-6-14(12-19(18)28-5-2)10-11-21-20(23)15-7-9-17(26-3)16(13-15)22(24)25/h6-9,12-13H,4-5,10-11H2,1-3H3,(H,21,23). The lowest BCUT2D eigenvalue weighted by Crippen LogP contribution is -2.25. The van der Waals surface area contributed by atoms with E-state index >= 15 is 0 Å². The number of carbonyl (C=O) groups is 1. The van der Waals surface area contributed by atoms with Crippen molar-refractivity contribution in [1.82, 2.24) is 5.32 Å². The van der Waals surface area contributed by atoms with Gasteiger partial charge in [-0.25, -0.2) is 0 Å². The van der Waals surface area contributed by atoms with E-state index in [4.69, 9.17) is 14.2 Å². The fourth-order valence-corrected chi connectivity index (χ4v) is 2.65. The van der Waals surface area contributed by atoms with E-state index in [0.29, 0.717) is 37.7 Å². The van der Waals surface area contributed by atoms with E-state index in [2.05, 4.69) is 5.32 Å². The molecule has 0 aromatic heterocycles. The molecule has 0 radical (unpaired) electrons. The van der Waals surface area contributed by atoms with Gasteiger partial charge in [0.25, 0.3) is 5.91 Å². The van der Waals surface area contributed by atoms with Gasteiger partial charge in [0.05, 0.1) is 25.2 Å². The Bertz CT molecular complexity index is 837. The lowest BCUT2D eigenvalue weighted by Gasteiger charge is -2.12. The van der Waals surface area contributed by atoms with Crippen molar-refractivity contribution in [3.05, 3.63) is 57.6 Å². The van der Waals surface area contributed by atoms with Crippen molar-refractivity contribution in [1.29, 1.82) is 0 Å². The highest BCUT2D eigenvalue weighted by molar-refractivity contribution is 5.95. The summed E-state index contributed by atoms with van der Waals surface area (Å²) in [5.74, 6) is 1.07. The monoisotopic (exact) mass is 388 g/mol. The third-order valence-electron chi connectivity index (χ3n) is 3.94. The topological polar surface area (TPSA) is 99.9 Å². The highest BCUT2D eigenvalue weighted by Crippen LogP contribution is 2.29. The van der Waals surface area contributed by atoms with Gasteiger partial charge in [0, 0.05) is 18.2 Å². The van der Waals surface area contributed by atoms with Crippen LogP contribution >= 0.6 is 0 Å². The van der Waals surface area contributed by atoms with E-state index in [1.807, 2.05) is 32.0 Å². The number of nitro groups is 1. The maximum Gasteiger partial charge on any atom is 0.311 e. The highest BCUT2D eigenvalue weighted by atomic mass is 16.6. The van der Waals surface area contributed by atoms with Gasteiger partial charge in [0.1, 0.15) is 0 Å². The molecule has 0 fully saturated rings. The van der Waals surface area contributed by atoms with Crippen molar-refractivity contribution in [2.45, 2.75) is 20.3 Å². The van der Waals surface area contributed by atoms with E-state index in [1.165, 1.54) is 25.3 Å². The molecule has 150 valence electrons. The number of hydrogen-bond donors (Lipinski definition) is 1. The van der Waals surface area contributed by atoms with Crippen molar-refractivity contribution in [3.8, 4) is 17.2 Å². The number of nitro benzene ring substituents is 1. The molecule has 0 aliphatic carbocycles. The molecule has 2 aromatic rings. The molecule has 0 atom stereocenters. The van der Waals surface area contributed by atoms with Crippen LogP contribution in [0, 0.1) is 10.1 Å². The van der Waals surface area contributed by atoms with E-state index in [-0.39, 0.29) is 22.9 Å². The smallest absolute Gasteiger partial charge is 0.311 e. The summed E-state index contributed by atoms with van der Waals surface area (Å²) in [4.78, 5) is 22.8. The number of amides is 1. The van der Waals surface area contributed by atoms with E-state index in [9.17, 15) is 14.9 Å². The number of ether oxygens (including phenoxy) is 3. The maximum absolute atomic E-state index is 12.3. The molecule has 0 spiro atoms. The molecule has 0 saturated carbocycles. The second-order valence-corrected chi connectivity index (χ2v) is 5.80. The van der Waals surface area contributed by atoms with Gasteiger partial charge in [0.2, 0.25) is 0 Å². The first-order valence-corrected chi connectivity index (χ1v) is 8.99. The molecule has 28 heavy (non-hydrogen) atoms. The van der Waals surface area contributed by atoms with Crippen LogP contribution in [0.15, 0.2) is 36.4 Å². The summed E-state index contributed by atoms with van der Waals surface area (Å²) < 4.78 is 16.1. The number of benzene rings is 2. The summed E-state index contributed by atoms with van der Waals surface area (Å²) in [5.41, 5.74) is 0.935. The third kappa shape index (κ3) is 5.35. The van der Waals surface area contributed by atoms with Crippen molar-refractivity contribution >= 4 is 11.6 Å². The van der Waals surface area contributed by atoms with Crippen LogP contribution in [0.2, 0.25) is 0 Å². The summed E-state index contributed by atoms with van der Waals surface area (Å²) >= 11 is 0. The first kappa shape index (κ1) is 21.0. The molecule has 8 nitrogen and oxygen atoms in total. The summed E-state index contributed by atoms with van der Waals surface area (Å²) in [7, 11) is 1.34. The summed E-state index contributed by atoms with van der Waals surface area (Å²) in [6.45, 7) is 5.25. The highest BCUT2D eigenvalue weighted by Gasteiger charge is 2.18. The van der Waals surface area contributed by atoms with E-state index < -0.39 is 4.92 Å². The quantitative estimate of drug-likeness (QED) is 0.495. The van der Waals surface area contributed by atoms with Gasteiger partial charge in [-0.15, -0.1) is 0 Å². The van der Waals surface area contributed by atoms with E-state index in [0.717, 1.165) is 5.56 Å². The van der Waals surface area contributed by atoms with Crippen LogP contribution in [-0.2, 0) is 6.42 Å². The Hall–Kier alpha value is -3.29. The van der Waals surface area contributed by atoms with Crippen LogP contribution in [0.4, 0.5) is 5.69 Å². The molecule has 0 saturated heterocycles. The predicted octanol–water partition coefficient (Wildman–Crippen LogP) is 3.37. The minimum Gasteiger partial charge on any atom is -0.490 e. The normalized spacial score (nSPS) is 10.2. The minimum absolute atomic E-state index is 0.111. The Labute approximate surface area is 163 Å². The average Bonchev–Trinajstić information content (AvgIpc) is 2.69. The number of methoxy groups -OCH3 is 1. The first-order valence-electron chi connectivity index (χ1n) is 8.99. The number of nitrogens with one attached hydrogen (secondary N) is 1. The zero-order valence-electron chi connectivity index (χ0n) is 16.2. The Morgan fingerprint density at radius 1 is 1.04 bits per heavy atom. The number of nitrogens with zero attached hydrogens (tertiary/aromatic N) is 1. The summed E-state index contributed by atoms with van der Waals surface area (Å²) in [5, 5.41) is 13.9. The predicted molar refractivity (Wildman–Crippen MR) is 104 cm³/mol. The molecule has 0 heterocycles. The van der Waals surface area contributed by atoms with E-state index in [1.54, 1.807) is 0 Å². The maximum atomic E-state index is 12.3. The van der Waals surface area contributed by atoms with Crippen LogP contribution in [-0.4, -0.2) is 37.7 Å². The fraction of sp³-hybridized carbons (Fsp3) is 0.350. The largest absolute Gasteiger partial charge is 0.490 e. The van der Waals surface area contributed by atoms with Gasteiger partial charge in [-0.2, -0.15) is 0 Å². The molecule has 2 aromatic carbocycles. The molecule has 8 heteroatoms.